The van der Waals surface area contributed by atoms with Gasteiger partial charge in [-0.2, -0.15) is 0 Å². The molecule has 4 aromatic carbocycles. The highest BCUT2D eigenvalue weighted by Gasteiger charge is 2.43. The first-order valence-electron chi connectivity index (χ1n) is 40.5. The number of pyridine rings is 5. The summed E-state index contributed by atoms with van der Waals surface area (Å²) >= 11 is 35.4. The number of fused-ring (bicyclic) bond motifs is 7. The van der Waals surface area contributed by atoms with Gasteiger partial charge in [0.1, 0.15) is 45.4 Å². The van der Waals surface area contributed by atoms with Crippen molar-refractivity contribution in [2.45, 2.75) is 143 Å². The number of nitrogens with zero attached hydrogens (tertiary/aromatic N) is 13. The lowest BCUT2D eigenvalue weighted by Gasteiger charge is -2.31. The van der Waals surface area contributed by atoms with Gasteiger partial charge in [-0.05, 0) is 261 Å². The molecule has 6 aliphatic heterocycles. The zero-order valence-electron chi connectivity index (χ0n) is 70.8. The predicted octanol–water partition coefficient (Wildman–Crippen LogP) is 20.3. The number of aliphatic hydroxyl groups excluding tert-OH is 2. The Labute approximate surface area is 776 Å². The van der Waals surface area contributed by atoms with Crippen molar-refractivity contribution in [3.8, 4) is 33.4 Å². The van der Waals surface area contributed by atoms with E-state index in [-0.39, 0.29) is 43.7 Å². The fourth-order valence-electron chi connectivity index (χ4n) is 16.1. The van der Waals surface area contributed by atoms with E-state index in [0.29, 0.717) is 97.5 Å². The van der Waals surface area contributed by atoms with E-state index in [1.54, 1.807) is 111 Å². The van der Waals surface area contributed by atoms with Crippen LogP contribution in [0.25, 0.3) is 66.5 Å². The van der Waals surface area contributed by atoms with E-state index >= 15 is 0 Å². The molecule has 0 aliphatic carbocycles. The summed E-state index contributed by atoms with van der Waals surface area (Å²) in [4.78, 5) is 120. The second kappa shape index (κ2) is 36.0. The van der Waals surface area contributed by atoms with Gasteiger partial charge in [0.15, 0.2) is 0 Å². The van der Waals surface area contributed by atoms with Crippen LogP contribution in [-0.4, -0.2) is 161 Å². The number of nitrogens with one attached hydrogen (secondary N) is 3. The molecule has 0 radical (unpaired) electrons. The van der Waals surface area contributed by atoms with Gasteiger partial charge < -0.3 is 63.9 Å². The van der Waals surface area contributed by atoms with Gasteiger partial charge in [-0.1, -0.05) is 46.4 Å². The summed E-state index contributed by atoms with van der Waals surface area (Å²) in [5.74, 6) is -0.220. The number of aryl methyl sites for hydroxylation is 3. The highest BCUT2D eigenvalue weighted by Crippen LogP contribution is 2.49. The molecule has 28 nitrogen and oxygen atoms in total. The van der Waals surface area contributed by atoms with Gasteiger partial charge in [0.05, 0.1) is 104 Å². The highest BCUT2D eigenvalue weighted by atomic mass is 127. The summed E-state index contributed by atoms with van der Waals surface area (Å²) in [5.41, 5.74) is 13.0. The number of aliphatic hydroxyl groups is 2. The van der Waals surface area contributed by atoms with Gasteiger partial charge in [0, 0.05) is 147 Å². The van der Waals surface area contributed by atoms with E-state index < -0.39 is 46.9 Å². The van der Waals surface area contributed by atoms with E-state index in [4.69, 9.17) is 60.6 Å². The van der Waals surface area contributed by atoms with Crippen molar-refractivity contribution in [3.05, 3.63) is 212 Å². The molecule has 6 aliphatic rings. The van der Waals surface area contributed by atoms with Crippen LogP contribution in [0.15, 0.2) is 143 Å². The standard InChI is InChI=1S/C31H33ClN6O4.C26H25ClN6O2.C21H19BrClN3O3.C13H12BrClINO3/c1-31(2,3)42-30(41)38-17-22-26(20-7-11-33-28-21(20)10-12-36(28)4)23(32)15-24(27(22)29(38)40)35-25-6-5-18(16-34-25)37-13-8-19(39)9-14-37;1-32-9-7-18-17(4-8-28-25(18)32)23-19-14-30-26(35)24(19)21(12-20(23)27)31-22-3-2-15(13-29-22)33-10-5-16(34)6-11-33;1-21(2,3)29-20(28)26-10-13-16(15(23)9-14(22)17(13)19(26)27)11-5-7-24-18-12(11)6-8-25(18)4;1-13(2,3)20-12(19)17-5-6-9(11(17)18)7(14)4-8(15)10(6)16/h5-7,10-12,15-16,19,39H,8-9,13-14,17H2,1-4H3,(H,34,35);2-4,7-9,12-13,16,34H,5-6,10-11,14H2,1H3,(H,29,31)(H,30,35);5-9H,10H2,1-4H3;4H,5H2,1-3H3. The Morgan fingerprint density at radius 1 is 0.452 bits per heavy atom. The molecule has 0 spiro atoms. The topological polar surface area (TPSA) is 319 Å². The first-order valence-corrected chi connectivity index (χ1v) is 44.7. The Hall–Kier alpha value is -10.5. The molecule has 7 amide bonds. The number of anilines is 6. The lowest BCUT2D eigenvalue weighted by Crippen LogP contribution is -2.37. The normalized spacial score (nSPS) is 15.2. The molecule has 12 aromatic rings. The van der Waals surface area contributed by atoms with Crippen molar-refractivity contribution in [3.63, 3.8) is 0 Å². The quantitative estimate of drug-likeness (QED) is 0.0509. The number of imide groups is 3. The summed E-state index contributed by atoms with van der Waals surface area (Å²) in [6, 6.07) is 26.2. The summed E-state index contributed by atoms with van der Waals surface area (Å²) in [6.07, 6.45) is 15.1. The molecule has 8 aromatic heterocycles. The van der Waals surface area contributed by atoms with Crippen LogP contribution in [0.3, 0.4) is 0 Å². The number of hydrogen-bond donors (Lipinski definition) is 5. The predicted molar refractivity (Wildman–Crippen MR) is 502 cm³/mol. The number of carbonyl (C=O) groups is 7. The minimum absolute atomic E-state index is 0.0114. The number of amides is 7. The maximum atomic E-state index is 13.9. The van der Waals surface area contributed by atoms with Gasteiger partial charge in [-0.15, -0.1) is 0 Å². The molecule has 5 N–H and O–H groups in total. The number of aromatic nitrogens is 8. The third kappa shape index (κ3) is 18.5. The van der Waals surface area contributed by atoms with Crippen LogP contribution in [0, 0.1) is 3.57 Å². The van der Waals surface area contributed by atoms with Crippen molar-refractivity contribution in [1.82, 2.24) is 58.6 Å². The number of benzene rings is 4. The molecule has 0 bridgehead atoms. The monoisotopic (exact) mass is 2020 g/mol. The molecule has 0 saturated carbocycles. The Morgan fingerprint density at radius 2 is 0.794 bits per heavy atom. The van der Waals surface area contributed by atoms with Gasteiger partial charge in [0.2, 0.25) is 0 Å². The number of halogens is 7. The van der Waals surface area contributed by atoms with Crippen LogP contribution < -0.4 is 25.8 Å². The zero-order chi connectivity index (χ0) is 90.2. The molecule has 14 heterocycles. The third-order valence-corrected chi connectivity index (χ3v) is 26.0. The van der Waals surface area contributed by atoms with E-state index in [9.17, 15) is 43.8 Å². The zero-order valence-corrected chi connectivity index (χ0v) is 79.1. The van der Waals surface area contributed by atoms with Crippen LogP contribution in [0.5, 0.6) is 0 Å². The van der Waals surface area contributed by atoms with Gasteiger partial charge >= 0.3 is 18.3 Å². The van der Waals surface area contributed by atoms with Gasteiger partial charge in [-0.25, -0.2) is 54.0 Å². The lowest BCUT2D eigenvalue weighted by molar-refractivity contribution is 0.0231. The first kappa shape index (κ1) is 90.3. The van der Waals surface area contributed by atoms with Crippen LogP contribution in [0.1, 0.15) is 152 Å². The molecule has 2 fully saturated rings. The van der Waals surface area contributed by atoms with Crippen LogP contribution in [0.4, 0.5) is 48.8 Å². The smallest absolute Gasteiger partial charge is 0.417 e. The molecule has 654 valence electrons. The third-order valence-electron chi connectivity index (χ3n) is 22.0. The van der Waals surface area contributed by atoms with Crippen LogP contribution in [0.2, 0.25) is 20.1 Å². The molecule has 126 heavy (non-hydrogen) atoms. The maximum absolute atomic E-state index is 13.9. The molecular formula is C91H89Br2Cl4IN16O12. The summed E-state index contributed by atoms with van der Waals surface area (Å²) in [6.45, 7) is 19.7. The van der Waals surface area contributed by atoms with Crippen molar-refractivity contribution in [2.24, 2.45) is 21.1 Å². The van der Waals surface area contributed by atoms with Crippen molar-refractivity contribution >= 4 is 210 Å². The second-order valence-corrected chi connectivity index (χ2v) is 38.6. The van der Waals surface area contributed by atoms with E-state index in [1.807, 2.05) is 120 Å². The highest BCUT2D eigenvalue weighted by molar-refractivity contribution is 14.1. The molecule has 35 heteroatoms. The Kier molecular flexibility index (Phi) is 25.8. The van der Waals surface area contributed by atoms with Crippen LogP contribution in [-0.2, 0) is 61.5 Å². The minimum Gasteiger partial charge on any atom is -0.443 e. The fraction of sp³-hybridized carbons (Fsp3) is 0.319. The van der Waals surface area contributed by atoms with Gasteiger partial charge in [-0.3, -0.25) is 19.2 Å². The van der Waals surface area contributed by atoms with Gasteiger partial charge in [0.25, 0.3) is 23.6 Å². The van der Waals surface area contributed by atoms with E-state index in [0.717, 1.165) is 154 Å². The Morgan fingerprint density at radius 3 is 1.17 bits per heavy atom. The fourth-order valence-corrected chi connectivity index (χ4v) is 19.4. The molecule has 0 unspecified atom stereocenters. The number of rotatable bonds is 9. The number of ether oxygens (including phenoxy) is 3. The first-order chi connectivity index (χ1) is 59.7. The molecule has 0 atom stereocenters. The lowest BCUT2D eigenvalue weighted by atomic mass is 9.94. The molecular weight excluding hydrogens is 1940 g/mol. The number of piperidine rings is 2. The van der Waals surface area contributed by atoms with E-state index in [1.165, 1.54) is 0 Å². The van der Waals surface area contributed by atoms with Crippen molar-refractivity contribution in [1.29, 1.82) is 0 Å². The second-order valence-electron chi connectivity index (χ2n) is 34.2. The maximum Gasteiger partial charge on any atom is 0.417 e. The number of carbonyl (C=O) groups excluding carboxylic acids is 7. The Bertz CT molecular complexity index is 6410. The van der Waals surface area contributed by atoms with E-state index in [2.05, 4.69) is 105 Å². The summed E-state index contributed by atoms with van der Waals surface area (Å²) in [5, 5.41) is 33.9. The summed E-state index contributed by atoms with van der Waals surface area (Å²) in [7, 11) is 5.79. The average molecular weight is 2030 g/mol. The SMILES string of the molecule is CC(C)(C)OC(=O)N1Cc2c(I)c(Cl)cc(Br)c2C1=O.Cn1ccc2c(-c3c(Cl)cc(Br)c4c3CN(C(=O)OC(C)(C)C)C4=O)ccnc21.Cn1ccc2c(-c3c(Cl)cc(Nc4ccc(N5CCC(O)CC5)cn4)c4c3CN(C(=O)OC(C)(C)C)C4=O)ccnc21.Cn1ccc2c(-c3c(Cl)cc(Nc4ccc(N5CCC(O)CC5)cn4)c4c3CNC4=O)ccnc21. The van der Waals surface area contributed by atoms with Crippen molar-refractivity contribution in [2.75, 3.05) is 46.6 Å². The van der Waals surface area contributed by atoms with Crippen molar-refractivity contribution < 1.29 is 58.0 Å². The summed E-state index contributed by atoms with van der Waals surface area (Å²) < 4.78 is 24.0. The van der Waals surface area contributed by atoms with Crippen LogP contribution >= 0.6 is 101 Å². The Balaban J connectivity index is 0.000000134. The average Bonchev–Trinajstić information content (AvgIpc) is 1.60. The number of hydrogen-bond acceptors (Lipinski definition) is 21. The molecule has 18 rings (SSSR count). The largest absolute Gasteiger partial charge is 0.443 e. The minimum atomic E-state index is -0.771. The molecule has 2 saturated heterocycles.